The third-order valence-corrected chi connectivity index (χ3v) is 2.32. The highest BCUT2D eigenvalue weighted by Gasteiger charge is 2.06. The summed E-state index contributed by atoms with van der Waals surface area (Å²) >= 11 is 0. The van der Waals surface area contributed by atoms with Crippen LogP contribution in [0.5, 0.6) is 5.75 Å². The molecule has 0 aliphatic rings. The Hall–Kier alpha value is -1.95. The summed E-state index contributed by atoms with van der Waals surface area (Å²) in [5, 5.41) is 9.85. The topological polar surface area (TPSA) is 37.9 Å². The van der Waals surface area contributed by atoms with E-state index in [9.17, 15) is 0 Å². The van der Waals surface area contributed by atoms with E-state index < -0.39 is 0 Å². The van der Waals surface area contributed by atoms with Gasteiger partial charge in [-0.25, -0.2) is 0 Å². The predicted octanol–water partition coefficient (Wildman–Crippen LogP) is 2.06. The fraction of sp³-hybridized carbons (Fsp3) is 0.182. The van der Waals surface area contributed by atoms with Crippen molar-refractivity contribution >= 4 is 10.9 Å². The SMILES string of the molecule is COc1ccc2c(c1)c(C#N)cn2C. The molecule has 3 nitrogen and oxygen atoms in total. The second kappa shape index (κ2) is 3.08. The van der Waals surface area contributed by atoms with Gasteiger partial charge in [0, 0.05) is 24.1 Å². The first-order chi connectivity index (χ1) is 6.76. The molecule has 3 heteroatoms. The number of hydrogen-bond acceptors (Lipinski definition) is 2. The lowest BCUT2D eigenvalue weighted by Gasteiger charge is -2.00. The van der Waals surface area contributed by atoms with Gasteiger partial charge in [0.25, 0.3) is 0 Å². The number of benzene rings is 1. The van der Waals surface area contributed by atoms with Crippen molar-refractivity contribution < 1.29 is 4.74 Å². The molecule has 0 aliphatic heterocycles. The molecule has 1 aromatic carbocycles. The number of fused-ring (bicyclic) bond motifs is 1. The molecule has 0 N–H and O–H groups in total. The Morgan fingerprint density at radius 2 is 2.21 bits per heavy atom. The summed E-state index contributed by atoms with van der Waals surface area (Å²) in [4.78, 5) is 0. The number of ether oxygens (including phenoxy) is 1. The minimum atomic E-state index is 0.682. The van der Waals surface area contributed by atoms with Gasteiger partial charge >= 0.3 is 0 Å². The molecular weight excluding hydrogens is 176 g/mol. The van der Waals surface area contributed by atoms with Crippen LogP contribution in [0.2, 0.25) is 0 Å². The first-order valence-electron chi connectivity index (χ1n) is 4.29. The fourth-order valence-corrected chi connectivity index (χ4v) is 1.59. The highest BCUT2D eigenvalue weighted by molar-refractivity contribution is 5.87. The standard InChI is InChI=1S/C11H10N2O/c1-13-7-8(6-12)10-5-9(14-2)3-4-11(10)13/h3-5,7H,1-2H3. The van der Waals surface area contributed by atoms with Crippen LogP contribution in [0.1, 0.15) is 5.56 Å². The van der Waals surface area contributed by atoms with Crippen LogP contribution in [0.25, 0.3) is 10.9 Å². The van der Waals surface area contributed by atoms with Crippen molar-refractivity contribution in [2.24, 2.45) is 7.05 Å². The van der Waals surface area contributed by atoms with Gasteiger partial charge in [-0.05, 0) is 18.2 Å². The molecule has 0 unspecified atom stereocenters. The van der Waals surface area contributed by atoms with Crippen LogP contribution in [0.15, 0.2) is 24.4 Å². The van der Waals surface area contributed by atoms with Gasteiger partial charge in [0.1, 0.15) is 11.8 Å². The summed E-state index contributed by atoms with van der Waals surface area (Å²) in [6, 6.07) is 7.89. The van der Waals surface area contributed by atoms with Crippen molar-refractivity contribution in [1.29, 1.82) is 5.26 Å². The summed E-state index contributed by atoms with van der Waals surface area (Å²) in [6.45, 7) is 0. The highest BCUT2D eigenvalue weighted by Crippen LogP contribution is 2.24. The van der Waals surface area contributed by atoms with Crippen LogP contribution in [-0.4, -0.2) is 11.7 Å². The lowest BCUT2D eigenvalue weighted by Crippen LogP contribution is -1.84. The van der Waals surface area contributed by atoms with E-state index in [4.69, 9.17) is 10.00 Å². The third-order valence-electron chi connectivity index (χ3n) is 2.32. The Balaban J connectivity index is 2.79. The maximum Gasteiger partial charge on any atom is 0.119 e. The van der Waals surface area contributed by atoms with Gasteiger partial charge in [0.05, 0.1) is 12.7 Å². The molecule has 0 radical (unpaired) electrons. The molecule has 0 spiro atoms. The van der Waals surface area contributed by atoms with Crippen molar-refractivity contribution in [3.8, 4) is 11.8 Å². The number of nitrogens with zero attached hydrogens (tertiary/aromatic N) is 2. The van der Waals surface area contributed by atoms with E-state index in [0.29, 0.717) is 5.56 Å². The Bertz CT molecular complexity index is 520. The molecule has 0 saturated heterocycles. The van der Waals surface area contributed by atoms with Gasteiger partial charge in [0.15, 0.2) is 0 Å². The zero-order valence-electron chi connectivity index (χ0n) is 8.11. The minimum absolute atomic E-state index is 0.682. The number of methoxy groups -OCH3 is 1. The van der Waals surface area contributed by atoms with Crippen molar-refractivity contribution in [1.82, 2.24) is 4.57 Å². The summed E-state index contributed by atoms with van der Waals surface area (Å²) in [7, 11) is 3.55. The summed E-state index contributed by atoms with van der Waals surface area (Å²) in [6.07, 6.45) is 1.82. The van der Waals surface area contributed by atoms with Crippen LogP contribution < -0.4 is 4.74 Å². The van der Waals surface area contributed by atoms with Gasteiger partial charge in [-0.2, -0.15) is 5.26 Å². The minimum Gasteiger partial charge on any atom is -0.497 e. The second-order valence-corrected chi connectivity index (χ2v) is 3.15. The van der Waals surface area contributed by atoms with Gasteiger partial charge in [0.2, 0.25) is 0 Å². The smallest absolute Gasteiger partial charge is 0.119 e. The number of hydrogen-bond donors (Lipinski definition) is 0. The average Bonchev–Trinajstić information content (AvgIpc) is 2.55. The molecule has 0 amide bonds. The normalized spacial score (nSPS) is 10.1. The molecule has 14 heavy (non-hydrogen) atoms. The molecule has 1 aromatic heterocycles. The number of nitriles is 1. The largest absolute Gasteiger partial charge is 0.497 e. The van der Waals surface area contributed by atoms with Crippen LogP contribution in [0.3, 0.4) is 0 Å². The van der Waals surface area contributed by atoms with Crippen LogP contribution in [0, 0.1) is 11.3 Å². The van der Waals surface area contributed by atoms with Gasteiger partial charge in [-0.3, -0.25) is 0 Å². The summed E-state index contributed by atoms with van der Waals surface area (Å²) < 4.78 is 7.05. The quantitative estimate of drug-likeness (QED) is 0.683. The van der Waals surface area contributed by atoms with Crippen LogP contribution in [-0.2, 0) is 7.05 Å². The Morgan fingerprint density at radius 1 is 1.43 bits per heavy atom. The fourth-order valence-electron chi connectivity index (χ4n) is 1.59. The van der Waals surface area contributed by atoms with E-state index in [1.54, 1.807) is 7.11 Å². The van der Waals surface area contributed by atoms with Gasteiger partial charge < -0.3 is 9.30 Å². The molecule has 2 aromatic rings. The zero-order valence-corrected chi connectivity index (χ0v) is 8.11. The van der Waals surface area contributed by atoms with E-state index in [-0.39, 0.29) is 0 Å². The average molecular weight is 186 g/mol. The molecule has 0 atom stereocenters. The van der Waals surface area contributed by atoms with E-state index in [1.165, 1.54) is 0 Å². The zero-order chi connectivity index (χ0) is 10.1. The van der Waals surface area contributed by atoms with Crippen molar-refractivity contribution in [3.63, 3.8) is 0 Å². The van der Waals surface area contributed by atoms with Crippen LogP contribution >= 0.6 is 0 Å². The molecule has 0 bridgehead atoms. The van der Waals surface area contributed by atoms with Crippen molar-refractivity contribution in [3.05, 3.63) is 30.0 Å². The molecule has 70 valence electrons. The number of aromatic nitrogens is 1. The highest BCUT2D eigenvalue weighted by atomic mass is 16.5. The maximum absolute atomic E-state index is 8.91. The molecule has 0 aliphatic carbocycles. The van der Waals surface area contributed by atoms with E-state index in [2.05, 4.69) is 6.07 Å². The lowest BCUT2D eigenvalue weighted by molar-refractivity contribution is 0.415. The molecule has 0 saturated carbocycles. The Labute approximate surface area is 82.1 Å². The monoisotopic (exact) mass is 186 g/mol. The van der Waals surface area contributed by atoms with Gasteiger partial charge in [-0.1, -0.05) is 0 Å². The number of rotatable bonds is 1. The van der Waals surface area contributed by atoms with Crippen molar-refractivity contribution in [2.75, 3.05) is 7.11 Å². The first-order valence-corrected chi connectivity index (χ1v) is 4.29. The first kappa shape index (κ1) is 8.64. The second-order valence-electron chi connectivity index (χ2n) is 3.15. The summed E-state index contributed by atoms with van der Waals surface area (Å²) in [5.41, 5.74) is 1.73. The van der Waals surface area contributed by atoms with E-state index in [1.807, 2.05) is 36.0 Å². The lowest BCUT2D eigenvalue weighted by atomic mass is 10.2. The molecule has 1 heterocycles. The van der Waals surface area contributed by atoms with Gasteiger partial charge in [-0.15, -0.1) is 0 Å². The molecular formula is C11H10N2O. The molecule has 0 fully saturated rings. The third kappa shape index (κ3) is 1.12. The number of aryl methyl sites for hydroxylation is 1. The Kier molecular flexibility index (Phi) is 1.90. The summed E-state index contributed by atoms with van der Waals surface area (Å²) in [5.74, 6) is 0.778. The van der Waals surface area contributed by atoms with Crippen molar-refractivity contribution in [2.45, 2.75) is 0 Å². The predicted molar refractivity (Wildman–Crippen MR) is 54.2 cm³/mol. The van der Waals surface area contributed by atoms with E-state index in [0.717, 1.165) is 16.7 Å². The Morgan fingerprint density at radius 3 is 2.86 bits per heavy atom. The van der Waals surface area contributed by atoms with Crippen LogP contribution in [0.4, 0.5) is 0 Å². The van der Waals surface area contributed by atoms with E-state index >= 15 is 0 Å². The molecule has 2 rings (SSSR count). The maximum atomic E-state index is 8.91.